The van der Waals surface area contributed by atoms with Gasteiger partial charge in [-0.05, 0) is 35.9 Å². The number of benzene rings is 2. The number of anilines is 1. The van der Waals surface area contributed by atoms with Crippen molar-refractivity contribution in [2.45, 2.75) is 12.6 Å². The lowest BCUT2D eigenvalue weighted by Crippen LogP contribution is -2.18. The van der Waals surface area contributed by atoms with Crippen LogP contribution in [0.25, 0.3) is 0 Å². The van der Waals surface area contributed by atoms with Crippen molar-refractivity contribution >= 4 is 17.1 Å². The van der Waals surface area contributed by atoms with Crippen LogP contribution in [-0.2, 0) is 6.54 Å². The highest BCUT2D eigenvalue weighted by Crippen LogP contribution is 2.37. The fourth-order valence-corrected chi connectivity index (χ4v) is 2.59. The number of allylic oxidation sites excluding steroid dienone is 1. The minimum absolute atomic E-state index is 0.604. The molecule has 1 aliphatic heterocycles. The Labute approximate surface area is 134 Å². The van der Waals surface area contributed by atoms with E-state index in [0.29, 0.717) is 11.5 Å². The Kier molecular flexibility index (Phi) is 3.44. The third-order valence-corrected chi connectivity index (χ3v) is 3.79. The molecule has 1 heterocycles. The van der Waals surface area contributed by atoms with E-state index in [0.717, 1.165) is 23.6 Å². The van der Waals surface area contributed by atoms with Crippen molar-refractivity contribution in [3.8, 4) is 5.75 Å². The smallest absolute Gasteiger partial charge is 0.155 e. The molecule has 1 atom stereocenters. The van der Waals surface area contributed by atoms with E-state index in [9.17, 15) is 5.11 Å². The quantitative estimate of drug-likeness (QED) is 0.911. The summed E-state index contributed by atoms with van der Waals surface area (Å²) in [5.74, 6) is 1.30. The van der Waals surface area contributed by atoms with Crippen molar-refractivity contribution in [1.82, 2.24) is 0 Å². The summed E-state index contributed by atoms with van der Waals surface area (Å²) in [5, 5.41) is 13.0. The summed E-state index contributed by atoms with van der Waals surface area (Å²) in [4.78, 5) is 4.56. The zero-order chi connectivity index (χ0) is 15.6. The molecule has 114 valence electrons. The minimum Gasteiger partial charge on any atom is -0.453 e. The van der Waals surface area contributed by atoms with E-state index < -0.39 is 6.10 Å². The molecule has 2 aromatic rings. The number of hydrogen-bond acceptors (Lipinski definition) is 4. The monoisotopic (exact) mass is 304 g/mol. The van der Waals surface area contributed by atoms with Crippen molar-refractivity contribution in [3.63, 3.8) is 0 Å². The molecule has 0 amide bonds. The maximum Gasteiger partial charge on any atom is 0.155 e. The van der Waals surface area contributed by atoms with E-state index in [1.165, 1.54) is 5.56 Å². The Hall–Kier alpha value is -2.85. The molecule has 2 N–H and O–H groups in total. The molecule has 0 fully saturated rings. The molecule has 4 nitrogen and oxygen atoms in total. The van der Waals surface area contributed by atoms with Gasteiger partial charge in [0, 0.05) is 18.3 Å². The van der Waals surface area contributed by atoms with Crippen LogP contribution in [0.1, 0.15) is 5.56 Å². The van der Waals surface area contributed by atoms with Gasteiger partial charge in [-0.1, -0.05) is 30.3 Å². The summed E-state index contributed by atoms with van der Waals surface area (Å²) in [6.45, 7) is 0.748. The predicted octanol–water partition coefficient (Wildman–Crippen LogP) is 3.58. The van der Waals surface area contributed by atoms with Crippen LogP contribution >= 0.6 is 0 Å². The molecule has 1 aliphatic carbocycles. The summed E-state index contributed by atoms with van der Waals surface area (Å²) in [6.07, 6.45) is 4.51. The molecule has 2 aromatic carbocycles. The maximum absolute atomic E-state index is 9.65. The summed E-state index contributed by atoms with van der Waals surface area (Å²) in [6, 6.07) is 16.1. The van der Waals surface area contributed by atoms with Gasteiger partial charge in [-0.15, -0.1) is 0 Å². The molecule has 23 heavy (non-hydrogen) atoms. The zero-order valence-corrected chi connectivity index (χ0v) is 12.4. The van der Waals surface area contributed by atoms with Gasteiger partial charge in [-0.3, -0.25) is 0 Å². The maximum atomic E-state index is 9.65. The number of aliphatic hydroxyl groups excluding tert-OH is 1. The summed E-state index contributed by atoms with van der Waals surface area (Å²) >= 11 is 0. The van der Waals surface area contributed by atoms with Gasteiger partial charge in [0.05, 0.1) is 6.10 Å². The summed E-state index contributed by atoms with van der Waals surface area (Å²) in [5.41, 5.74) is 3.73. The Morgan fingerprint density at radius 3 is 2.87 bits per heavy atom. The van der Waals surface area contributed by atoms with Crippen LogP contribution in [0.5, 0.6) is 5.75 Å². The van der Waals surface area contributed by atoms with Crippen molar-refractivity contribution in [3.05, 3.63) is 78.1 Å². The molecule has 0 radical (unpaired) electrons. The van der Waals surface area contributed by atoms with Crippen LogP contribution in [0.2, 0.25) is 0 Å². The minimum atomic E-state index is -0.620. The van der Waals surface area contributed by atoms with Gasteiger partial charge >= 0.3 is 0 Å². The number of rotatable bonds is 3. The highest BCUT2D eigenvalue weighted by atomic mass is 16.5. The van der Waals surface area contributed by atoms with Crippen LogP contribution in [-0.4, -0.2) is 16.9 Å². The molecule has 0 bridgehead atoms. The second kappa shape index (κ2) is 5.74. The van der Waals surface area contributed by atoms with Gasteiger partial charge in [0.1, 0.15) is 11.4 Å². The van der Waals surface area contributed by atoms with E-state index in [1.807, 2.05) is 36.4 Å². The Balaban J connectivity index is 1.56. The normalized spacial score (nSPS) is 18.2. The standard InChI is InChI=1S/C19H16N2O2/c22-15-7-9-17-19(11-15)23-18-10-14(6-8-16(18)21-17)20-12-13-4-2-1-3-5-13/h1-11,15,20,22H,12H2. The lowest BCUT2D eigenvalue weighted by Gasteiger charge is -2.21. The van der Waals surface area contributed by atoms with Crippen LogP contribution < -0.4 is 10.1 Å². The Bertz CT molecular complexity index is 823. The lowest BCUT2D eigenvalue weighted by molar-refractivity contribution is 0.265. The molecule has 2 aliphatic rings. The first kappa shape index (κ1) is 13.8. The largest absolute Gasteiger partial charge is 0.453 e. The van der Waals surface area contributed by atoms with Crippen molar-refractivity contribution in [2.24, 2.45) is 4.99 Å². The molecule has 0 saturated carbocycles. The van der Waals surface area contributed by atoms with E-state index >= 15 is 0 Å². The van der Waals surface area contributed by atoms with Gasteiger partial charge in [-0.2, -0.15) is 0 Å². The SMILES string of the molecule is OC1C=CC2=Nc3ccc(NCc4ccccc4)cc3OC2=C1. The van der Waals surface area contributed by atoms with Gasteiger partial charge < -0.3 is 15.2 Å². The summed E-state index contributed by atoms with van der Waals surface area (Å²) in [7, 11) is 0. The van der Waals surface area contributed by atoms with E-state index in [2.05, 4.69) is 22.4 Å². The van der Waals surface area contributed by atoms with Gasteiger partial charge in [-0.25, -0.2) is 4.99 Å². The molecule has 0 aromatic heterocycles. The number of fused-ring (bicyclic) bond motifs is 2. The molecule has 0 spiro atoms. The molecular weight excluding hydrogens is 288 g/mol. The number of nitrogens with one attached hydrogen (secondary N) is 1. The van der Waals surface area contributed by atoms with Crippen LogP contribution in [0.3, 0.4) is 0 Å². The first-order valence-electron chi connectivity index (χ1n) is 7.55. The summed E-state index contributed by atoms with van der Waals surface area (Å²) < 4.78 is 5.88. The zero-order valence-electron chi connectivity index (χ0n) is 12.4. The van der Waals surface area contributed by atoms with Crippen LogP contribution in [0.15, 0.2) is 77.5 Å². The van der Waals surface area contributed by atoms with Crippen molar-refractivity contribution < 1.29 is 9.84 Å². The molecule has 4 heteroatoms. The number of hydrogen-bond donors (Lipinski definition) is 2. The first-order chi connectivity index (χ1) is 11.3. The molecular formula is C19H16N2O2. The van der Waals surface area contributed by atoms with Crippen molar-refractivity contribution in [2.75, 3.05) is 5.32 Å². The molecule has 4 rings (SSSR count). The topological polar surface area (TPSA) is 53.9 Å². The third-order valence-electron chi connectivity index (χ3n) is 3.79. The van der Waals surface area contributed by atoms with Gasteiger partial charge in [0.15, 0.2) is 11.5 Å². The van der Waals surface area contributed by atoms with Crippen LogP contribution in [0.4, 0.5) is 11.4 Å². The molecule has 0 saturated heterocycles. The van der Waals surface area contributed by atoms with Crippen LogP contribution in [0, 0.1) is 0 Å². The van der Waals surface area contributed by atoms with E-state index in [4.69, 9.17) is 4.74 Å². The third kappa shape index (κ3) is 2.89. The average molecular weight is 304 g/mol. The lowest BCUT2D eigenvalue weighted by atomic mass is 10.1. The van der Waals surface area contributed by atoms with E-state index in [-0.39, 0.29) is 0 Å². The average Bonchev–Trinajstić information content (AvgIpc) is 2.59. The highest BCUT2D eigenvalue weighted by Gasteiger charge is 2.21. The second-order valence-corrected chi connectivity index (χ2v) is 5.50. The first-order valence-corrected chi connectivity index (χ1v) is 7.55. The Morgan fingerprint density at radius 1 is 1.13 bits per heavy atom. The number of nitrogens with zero attached hydrogens (tertiary/aromatic N) is 1. The highest BCUT2D eigenvalue weighted by molar-refractivity contribution is 6.10. The Morgan fingerprint density at radius 2 is 2.00 bits per heavy atom. The fraction of sp³-hybridized carbons (Fsp3) is 0.105. The van der Waals surface area contributed by atoms with Gasteiger partial charge in [0.25, 0.3) is 0 Å². The molecule has 1 unspecified atom stereocenters. The van der Waals surface area contributed by atoms with E-state index in [1.54, 1.807) is 18.2 Å². The van der Waals surface area contributed by atoms with Crippen molar-refractivity contribution in [1.29, 1.82) is 0 Å². The number of aliphatic hydroxyl groups is 1. The second-order valence-electron chi connectivity index (χ2n) is 5.50. The predicted molar refractivity (Wildman–Crippen MR) is 91.2 cm³/mol. The fourth-order valence-electron chi connectivity index (χ4n) is 2.59. The number of aliphatic imine (C=N–C) groups is 1. The van der Waals surface area contributed by atoms with Gasteiger partial charge in [0.2, 0.25) is 0 Å². The number of ether oxygens (including phenoxy) is 1.